The number of carbonyl (C=O) groups excluding carboxylic acids is 1. The Morgan fingerprint density at radius 2 is 2.27 bits per heavy atom. The molecule has 0 aliphatic carbocycles. The molecule has 0 saturated carbocycles. The summed E-state index contributed by atoms with van der Waals surface area (Å²) in [5.74, 6) is -1.57. The Kier molecular flexibility index (Phi) is 4.08. The SMILES string of the molecule is CC(CN1CCCC(C(N)=O)C1)C(=O)O. The molecule has 1 rings (SSSR count). The smallest absolute Gasteiger partial charge is 0.307 e. The van der Waals surface area contributed by atoms with Gasteiger partial charge >= 0.3 is 5.97 Å². The van der Waals surface area contributed by atoms with Crippen LogP contribution in [0.1, 0.15) is 19.8 Å². The van der Waals surface area contributed by atoms with Gasteiger partial charge in [-0.25, -0.2) is 0 Å². The maximum Gasteiger partial charge on any atom is 0.307 e. The summed E-state index contributed by atoms with van der Waals surface area (Å²) in [6, 6.07) is 0. The van der Waals surface area contributed by atoms with Gasteiger partial charge in [-0.15, -0.1) is 0 Å². The molecule has 15 heavy (non-hydrogen) atoms. The quantitative estimate of drug-likeness (QED) is 0.684. The minimum atomic E-state index is -0.795. The van der Waals surface area contributed by atoms with Crippen LogP contribution < -0.4 is 5.73 Å². The van der Waals surface area contributed by atoms with Crippen molar-refractivity contribution < 1.29 is 14.7 Å². The molecule has 1 aliphatic heterocycles. The number of primary amides is 1. The molecule has 2 unspecified atom stereocenters. The molecule has 0 bridgehead atoms. The summed E-state index contributed by atoms with van der Waals surface area (Å²) < 4.78 is 0. The van der Waals surface area contributed by atoms with Crippen LogP contribution >= 0.6 is 0 Å². The van der Waals surface area contributed by atoms with E-state index in [0.29, 0.717) is 13.1 Å². The highest BCUT2D eigenvalue weighted by Crippen LogP contribution is 2.17. The Morgan fingerprint density at radius 1 is 1.60 bits per heavy atom. The number of likely N-dealkylation sites (tertiary alicyclic amines) is 1. The Bertz CT molecular complexity index is 253. The van der Waals surface area contributed by atoms with E-state index in [2.05, 4.69) is 0 Å². The van der Waals surface area contributed by atoms with Gasteiger partial charge in [0.2, 0.25) is 5.91 Å². The summed E-state index contributed by atoms with van der Waals surface area (Å²) in [4.78, 5) is 23.7. The van der Waals surface area contributed by atoms with Crippen molar-refractivity contribution in [1.29, 1.82) is 0 Å². The Balaban J connectivity index is 2.43. The molecule has 86 valence electrons. The first-order valence-electron chi connectivity index (χ1n) is 5.25. The second kappa shape index (κ2) is 5.11. The van der Waals surface area contributed by atoms with Crippen LogP contribution in [0.2, 0.25) is 0 Å². The van der Waals surface area contributed by atoms with Crippen molar-refractivity contribution in [1.82, 2.24) is 4.90 Å². The lowest BCUT2D eigenvalue weighted by Gasteiger charge is -2.32. The third-order valence-corrected chi connectivity index (χ3v) is 2.86. The number of carboxylic acids is 1. The fraction of sp³-hybridized carbons (Fsp3) is 0.800. The summed E-state index contributed by atoms with van der Waals surface area (Å²) in [6.07, 6.45) is 1.74. The molecule has 2 atom stereocenters. The maximum atomic E-state index is 11.0. The first-order valence-corrected chi connectivity index (χ1v) is 5.25. The third-order valence-electron chi connectivity index (χ3n) is 2.86. The van der Waals surface area contributed by atoms with Crippen LogP contribution in [0, 0.1) is 11.8 Å². The number of hydrogen-bond donors (Lipinski definition) is 2. The second-order valence-corrected chi connectivity index (χ2v) is 4.24. The molecule has 1 amide bonds. The molecule has 0 aromatic heterocycles. The summed E-state index contributed by atoms with van der Waals surface area (Å²) in [5.41, 5.74) is 5.24. The largest absolute Gasteiger partial charge is 0.481 e. The van der Waals surface area contributed by atoms with Gasteiger partial charge in [-0.3, -0.25) is 9.59 Å². The number of carbonyl (C=O) groups is 2. The van der Waals surface area contributed by atoms with Gasteiger partial charge in [0.15, 0.2) is 0 Å². The predicted molar refractivity (Wildman–Crippen MR) is 55.2 cm³/mol. The summed E-state index contributed by atoms with van der Waals surface area (Å²) in [5, 5.41) is 8.77. The lowest BCUT2D eigenvalue weighted by atomic mass is 9.96. The molecule has 1 fully saturated rings. The molecule has 1 saturated heterocycles. The maximum absolute atomic E-state index is 11.0. The van der Waals surface area contributed by atoms with E-state index in [1.807, 2.05) is 4.90 Å². The van der Waals surface area contributed by atoms with Gasteiger partial charge < -0.3 is 15.7 Å². The van der Waals surface area contributed by atoms with E-state index >= 15 is 0 Å². The van der Waals surface area contributed by atoms with Crippen LogP contribution in [0.5, 0.6) is 0 Å². The summed E-state index contributed by atoms with van der Waals surface area (Å²) >= 11 is 0. The van der Waals surface area contributed by atoms with Crippen molar-refractivity contribution in [2.24, 2.45) is 17.6 Å². The number of aliphatic carboxylic acids is 1. The Morgan fingerprint density at radius 3 is 2.80 bits per heavy atom. The second-order valence-electron chi connectivity index (χ2n) is 4.24. The van der Waals surface area contributed by atoms with Crippen LogP contribution in [0.3, 0.4) is 0 Å². The van der Waals surface area contributed by atoms with E-state index in [1.165, 1.54) is 0 Å². The van der Waals surface area contributed by atoms with Gasteiger partial charge in [-0.2, -0.15) is 0 Å². The molecular formula is C10H18N2O3. The van der Waals surface area contributed by atoms with E-state index in [4.69, 9.17) is 10.8 Å². The normalized spacial score (nSPS) is 24.7. The molecule has 0 aromatic rings. The van der Waals surface area contributed by atoms with Gasteiger partial charge in [0.25, 0.3) is 0 Å². The summed E-state index contributed by atoms with van der Waals surface area (Å²) in [7, 11) is 0. The number of carboxylic acid groups (broad SMARTS) is 1. The lowest BCUT2D eigenvalue weighted by Crippen LogP contribution is -2.43. The highest BCUT2D eigenvalue weighted by Gasteiger charge is 2.25. The monoisotopic (exact) mass is 214 g/mol. The van der Waals surface area contributed by atoms with Gasteiger partial charge in [0.1, 0.15) is 0 Å². The third kappa shape index (κ3) is 3.51. The highest BCUT2D eigenvalue weighted by atomic mass is 16.4. The molecule has 0 radical (unpaired) electrons. The molecule has 0 aromatic carbocycles. The number of piperidine rings is 1. The van der Waals surface area contributed by atoms with Gasteiger partial charge in [0.05, 0.1) is 11.8 Å². The van der Waals surface area contributed by atoms with E-state index in [0.717, 1.165) is 19.4 Å². The molecule has 0 spiro atoms. The van der Waals surface area contributed by atoms with Crippen molar-refractivity contribution in [2.75, 3.05) is 19.6 Å². The van der Waals surface area contributed by atoms with E-state index < -0.39 is 11.9 Å². The molecular weight excluding hydrogens is 196 g/mol. The minimum Gasteiger partial charge on any atom is -0.481 e. The summed E-state index contributed by atoms with van der Waals surface area (Å²) in [6.45, 7) is 3.64. The topological polar surface area (TPSA) is 83.6 Å². The van der Waals surface area contributed by atoms with Crippen molar-refractivity contribution in [2.45, 2.75) is 19.8 Å². The van der Waals surface area contributed by atoms with E-state index in [9.17, 15) is 9.59 Å². The molecule has 5 heteroatoms. The van der Waals surface area contributed by atoms with Crippen molar-refractivity contribution in [3.8, 4) is 0 Å². The van der Waals surface area contributed by atoms with Crippen molar-refractivity contribution in [3.05, 3.63) is 0 Å². The molecule has 3 N–H and O–H groups in total. The van der Waals surface area contributed by atoms with Crippen molar-refractivity contribution in [3.63, 3.8) is 0 Å². The van der Waals surface area contributed by atoms with Crippen LogP contribution in [-0.2, 0) is 9.59 Å². The number of rotatable bonds is 4. The fourth-order valence-electron chi connectivity index (χ4n) is 1.92. The van der Waals surface area contributed by atoms with Gasteiger partial charge in [0, 0.05) is 13.1 Å². The van der Waals surface area contributed by atoms with E-state index in [-0.39, 0.29) is 11.8 Å². The number of amides is 1. The number of hydrogen-bond acceptors (Lipinski definition) is 3. The molecule has 5 nitrogen and oxygen atoms in total. The lowest BCUT2D eigenvalue weighted by molar-refractivity contribution is -0.141. The van der Waals surface area contributed by atoms with Gasteiger partial charge in [-0.1, -0.05) is 6.92 Å². The van der Waals surface area contributed by atoms with Crippen LogP contribution in [0.15, 0.2) is 0 Å². The predicted octanol–water partition coefficient (Wildman–Crippen LogP) is -0.0956. The molecule has 1 heterocycles. The van der Waals surface area contributed by atoms with Gasteiger partial charge in [-0.05, 0) is 19.4 Å². The van der Waals surface area contributed by atoms with Crippen LogP contribution in [0.4, 0.5) is 0 Å². The fourth-order valence-corrected chi connectivity index (χ4v) is 1.92. The number of nitrogens with zero attached hydrogens (tertiary/aromatic N) is 1. The Labute approximate surface area is 89.2 Å². The highest BCUT2D eigenvalue weighted by molar-refractivity contribution is 5.77. The average molecular weight is 214 g/mol. The van der Waals surface area contributed by atoms with Crippen LogP contribution in [-0.4, -0.2) is 41.5 Å². The van der Waals surface area contributed by atoms with E-state index in [1.54, 1.807) is 6.92 Å². The first kappa shape index (κ1) is 12.0. The Hall–Kier alpha value is -1.10. The van der Waals surface area contributed by atoms with Crippen LogP contribution in [0.25, 0.3) is 0 Å². The number of nitrogens with two attached hydrogens (primary N) is 1. The zero-order valence-electron chi connectivity index (χ0n) is 8.98. The average Bonchev–Trinajstić information content (AvgIpc) is 2.18. The zero-order valence-corrected chi connectivity index (χ0v) is 8.98. The molecule has 1 aliphatic rings. The standard InChI is InChI=1S/C10H18N2O3/c1-7(10(14)15)5-12-4-2-3-8(6-12)9(11)13/h7-8H,2-6H2,1H3,(H2,11,13)(H,14,15). The minimum absolute atomic E-state index is 0.111. The van der Waals surface area contributed by atoms with Crippen molar-refractivity contribution >= 4 is 11.9 Å². The first-order chi connectivity index (χ1) is 7.00. The zero-order chi connectivity index (χ0) is 11.4.